The number of nitrogens with zero attached hydrogens (tertiary/aromatic N) is 2. The Labute approximate surface area is 165 Å². The third-order valence-corrected chi connectivity index (χ3v) is 6.22. The third-order valence-electron chi connectivity index (χ3n) is 4.80. The minimum Gasteiger partial charge on any atom is -0.377 e. The Morgan fingerprint density at radius 1 is 1.36 bits per heavy atom. The summed E-state index contributed by atoms with van der Waals surface area (Å²) < 4.78 is 32.9. The maximum Gasteiger partial charge on any atom is 0.251 e. The van der Waals surface area contributed by atoms with Gasteiger partial charge in [-0.2, -0.15) is 10.2 Å². The first-order valence-electron chi connectivity index (χ1n) is 9.31. The highest BCUT2D eigenvalue weighted by Gasteiger charge is 2.38. The van der Waals surface area contributed by atoms with Crippen LogP contribution in [0.1, 0.15) is 42.5 Å². The van der Waals surface area contributed by atoms with E-state index in [9.17, 15) is 13.2 Å². The van der Waals surface area contributed by atoms with Crippen molar-refractivity contribution in [3.05, 3.63) is 29.8 Å². The Hall–Kier alpha value is -2.28. The number of amides is 1. The predicted molar refractivity (Wildman–Crippen MR) is 103 cm³/mol. The van der Waals surface area contributed by atoms with E-state index in [1.807, 2.05) is 0 Å². The quantitative estimate of drug-likeness (QED) is 0.580. The summed E-state index contributed by atoms with van der Waals surface area (Å²) in [6.07, 6.45) is 8.76. The molecular formula is C19H24N4O4S. The molecule has 1 unspecified atom stereocenters. The van der Waals surface area contributed by atoms with Gasteiger partial charge >= 0.3 is 0 Å². The molecule has 1 saturated heterocycles. The van der Waals surface area contributed by atoms with Crippen LogP contribution in [0.5, 0.6) is 0 Å². The van der Waals surface area contributed by atoms with Crippen molar-refractivity contribution < 1.29 is 17.9 Å². The van der Waals surface area contributed by atoms with Gasteiger partial charge in [-0.15, -0.1) is 12.3 Å². The van der Waals surface area contributed by atoms with Crippen molar-refractivity contribution in [2.75, 3.05) is 19.7 Å². The zero-order chi connectivity index (χ0) is 20.0. The smallest absolute Gasteiger partial charge is 0.251 e. The number of sulfonamides is 1. The van der Waals surface area contributed by atoms with Crippen molar-refractivity contribution in [3.8, 4) is 12.3 Å². The van der Waals surface area contributed by atoms with E-state index in [0.717, 1.165) is 12.8 Å². The molecule has 0 radical (unpaired) electrons. The normalized spacial score (nSPS) is 19.9. The van der Waals surface area contributed by atoms with Gasteiger partial charge in [-0.1, -0.05) is 6.07 Å². The molecule has 150 valence electrons. The molecule has 9 heteroatoms. The molecular weight excluding hydrogens is 380 g/mol. The zero-order valence-corrected chi connectivity index (χ0v) is 16.4. The fourth-order valence-electron chi connectivity index (χ4n) is 3.04. The SMILES string of the molecule is C#CCCC1(CCNC(=O)c2cccc(S(=O)(=O)NCC3CCCO3)c2)N=N1. The van der Waals surface area contributed by atoms with E-state index in [-0.39, 0.29) is 29.0 Å². The Morgan fingerprint density at radius 2 is 2.18 bits per heavy atom. The summed E-state index contributed by atoms with van der Waals surface area (Å²) in [5, 5.41) is 10.8. The van der Waals surface area contributed by atoms with Crippen molar-refractivity contribution in [2.45, 2.75) is 48.8 Å². The Kier molecular flexibility index (Phi) is 6.44. The molecule has 2 N–H and O–H groups in total. The van der Waals surface area contributed by atoms with Gasteiger partial charge in [0.2, 0.25) is 10.0 Å². The first kappa shape index (κ1) is 20.5. The molecule has 0 aromatic heterocycles. The molecule has 3 rings (SSSR count). The second-order valence-corrected chi connectivity index (χ2v) is 8.67. The lowest BCUT2D eigenvalue weighted by atomic mass is 10.0. The van der Waals surface area contributed by atoms with Gasteiger partial charge in [-0.3, -0.25) is 4.79 Å². The Morgan fingerprint density at radius 3 is 2.86 bits per heavy atom. The van der Waals surface area contributed by atoms with Gasteiger partial charge in [0.25, 0.3) is 5.91 Å². The molecule has 1 atom stereocenters. The average molecular weight is 404 g/mol. The lowest BCUT2D eigenvalue weighted by Gasteiger charge is -2.12. The number of rotatable bonds is 10. The largest absolute Gasteiger partial charge is 0.377 e. The highest BCUT2D eigenvalue weighted by molar-refractivity contribution is 7.89. The molecule has 1 aromatic rings. The lowest BCUT2D eigenvalue weighted by molar-refractivity contribution is 0.0951. The fourth-order valence-corrected chi connectivity index (χ4v) is 4.15. The second kappa shape index (κ2) is 8.82. The monoisotopic (exact) mass is 404 g/mol. The van der Waals surface area contributed by atoms with Gasteiger partial charge in [-0.25, -0.2) is 13.1 Å². The molecule has 0 aliphatic carbocycles. The van der Waals surface area contributed by atoms with E-state index < -0.39 is 15.7 Å². The van der Waals surface area contributed by atoms with Gasteiger partial charge < -0.3 is 10.1 Å². The summed E-state index contributed by atoms with van der Waals surface area (Å²) in [6, 6.07) is 5.96. The van der Waals surface area contributed by atoms with Gasteiger partial charge in [0.15, 0.2) is 5.66 Å². The number of hydrogen-bond acceptors (Lipinski definition) is 6. The number of carbonyl (C=O) groups is 1. The lowest BCUT2D eigenvalue weighted by Crippen LogP contribution is -2.32. The van der Waals surface area contributed by atoms with E-state index in [1.165, 1.54) is 12.1 Å². The predicted octanol–water partition coefficient (Wildman–Crippen LogP) is 1.84. The molecule has 2 heterocycles. The number of hydrogen-bond donors (Lipinski definition) is 2. The number of ether oxygens (including phenoxy) is 1. The van der Waals surface area contributed by atoms with Gasteiger partial charge in [0.1, 0.15) is 0 Å². The summed E-state index contributed by atoms with van der Waals surface area (Å²) in [5.74, 6) is 2.22. The van der Waals surface area contributed by atoms with Crippen molar-refractivity contribution in [3.63, 3.8) is 0 Å². The fraction of sp³-hybridized carbons (Fsp3) is 0.526. The van der Waals surface area contributed by atoms with E-state index in [4.69, 9.17) is 11.2 Å². The van der Waals surface area contributed by atoms with Gasteiger partial charge in [0.05, 0.1) is 11.0 Å². The minimum atomic E-state index is -3.71. The topological polar surface area (TPSA) is 109 Å². The molecule has 2 aliphatic rings. The second-order valence-electron chi connectivity index (χ2n) is 6.91. The van der Waals surface area contributed by atoms with Crippen molar-refractivity contribution in [2.24, 2.45) is 10.2 Å². The number of benzene rings is 1. The van der Waals surface area contributed by atoms with Crippen LogP contribution in [0.25, 0.3) is 0 Å². The molecule has 0 spiro atoms. The van der Waals surface area contributed by atoms with Crippen LogP contribution < -0.4 is 10.0 Å². The van der Waals surface area contributed by atoms with Crippen LogP contribution in [0.4, 0.5) is 0 Å². The summed E-state index contributed by atoms with van der Waals surface area (Å²) in [4.78, 5) is 12.4. The first-order chi connectivity index (χ1) is 13.4. The standard InChI is InChI=1S/C19H24N4O4S/c1-2-3-9-19(22-23-19)10-11-20-18(24)15-6-4-8-17(13-15)28(25,26)21-14-16-7-5-12-27-16/h1,4,6,8,13,16,21H,3,5,7,9-12,14H2,(H,20,24). The van der Waals surface area contributed by atoms with Crippen LogP contribution in [-0.2, 0) is 14.8 Å². The van der Waals surface area contributed by atoms with Crippen molar-refractivity contribution in [1.82, 2.24) is 10.0 Å². The third kappa shape index (κ3) is 5.38. The summed E-state index contributed by atoms with van der Waals surface area (Å²) >= 11 is 0. The van der Waals surface area contributed by atoms with Crippen LogP contribution >= 0.6 is 0 Å². The number of nitrogens with one attached hydrogen (secondary N) is 2. The van der Waals surface area contributed by atoms with Crippen LogP contribution in [0, 0.1) is 12.3 Å². The maximum atomic E-state index is 12.5. The molecule has 28 heavy (non-hydrogen) atoms. The van der Waals surface area contributed by atoms with E-state index in [0.29, 0.717) is 32.4 Å². The van der Waals surface area contributed by atoms with Crippen LogP contribution in [0.3, 0.4) is 0 Å². The Balaban J connectivity index is 1.53. The molecule has 1 amide bonds. The van der Waals surface area contributed by atoms with E-state index in [2.05, 4.69) is 26.2 Å². The van der Waals surface area contributed by atoms with Gasteiger partial charge in [-0.05, 0) is 31.0 Å². The van der Waals surface area contributed by atoms with Crippen LogP contribution in [-0.4, -0.2) is 45.8 Å². The minimum absolute atomic E-state index is 0.0517. The number of carbonyl (C=O) groups excluding carboxylic acids is 1. The zero-order valence-electron chi connectivity index (χ0n) is 15.6. The van der Waals surface area contributed by atoms with E-state index >= 15 is 0 Å². The first-order valence-corrected chi connectivity index (χ1v) is 10.8. The molecule has 1 aromatic carbocycles. The van der Waals surface area contributed by atoms with Gasteiger partial charge in [0, 0.05) is 44.5 Å². The maximum absolute atomic E-state index is 12.5. The molecule has 1 fully saturated rings. The van der Waals surface area contributed by atoms with Crippen LogP contribution in [0.2, 0.25) is 0 Å². The van der Waals surface area contributed by atoms with Crippen molar-refractivity contribution in [1.29, 1.82) is 0 Å². The van der Waals surface area contributed by atoms with Crippen LogP contribution in [0.15, 0.2) is 39.4 Å². The molecule has 2 aliphatic heterocycles. The highest BCUT2D eigenvalue weighted by atomic mass is 32.2. The molecule has 0 saturated carbocycles. The summed E-state index contributed by atoms with van der Waals surface area (Å²) in [5.41, 5.74) is -0.181. The average Bonchev–Trinajstić information content (AvgIpc) is 3.26. The Bertz CT molecular complexity index is 879. The number of terminal acetylenes is 1. The molecule has 8 nitrogen and oxygen atoms in total. The van der Waals surface area contributed by atoms with Crippen molar-refractivity contribution >= 4 is 15.9 Å². The molecule has 0 bridgehead atoms. The van der Waals surface area contributed by atoms with E-state index in [1.54, 1.807) is 12.1 Å². The summed E-state index contributed by atoms with van der Waals surface area (Å²) in [6.45, 7) is 1.27. The highest BCUT2D eigenvalue weighted by Crippen LogP contribution is 2.36. The summed E-state index contributed by atoms with van der Waals surface area (Å²) in [7, 11) is -3.71.